The largest absolute Gasteiger partial charge is 0.309 e. The third-order valence-electron chi connectivity index (χ3n) is 13.3. The summed E-state index contributed by atoms with van der Waals surface area (Å²) < 4.78 is 4.84. The molecule has 1 aliphatic carbocycles. The SMILES string of the molecule is CC1(c2cc(-c3ccccc3)cc(-c3cccc(-n4c5ccccc5c5cc(-c6ccc7c(c6)c6cc(-c8ccccc8)ccc6n7-c6ccccc6)ccc54)c3)c2)C=CC=CC1. The van der Waals surface area contributed by atoms with E-state index in [2.05, 4.69) is 253 Å². The molecule has 0 saturated heterocycles. The van der Waals surface area contributed by atoms with Gasteiger partial charge in [-0.15, -0.1) is 0 Å². The van der Waals surface area contributed by atoms with Crippen molar-refractivity contribution in [3.05, 3.63) is 242 Å². The van der Waals surface area contributed by atoms with Gasteiger partial charge in [-0.05, 0) is 129 Å². The fourth-order valence-corrected chi connectivity index (χ4v) is 9.99. The smallest absolute Gasteiger partial charge is 0.0541 e. The predicted octanol–water partition coefficient (Wildman–Crippen LogP) is 16.3. The lowest BCUT2D eigenvalue weighted by Gasteiger charge is -2.28. The van der Waals surface area contributed by atoms with Crippen LogP contribution in [-0.4, -0.2) is 9.13 Å². The fraction of sp³-hybridized carbons (Fsp3) is 0.0492. The number of hydrogen-bond acceptors (Lipinski definition) is 0. The average molecular weight is 805 g/mol. The maximum absolute atomic E-state index is 2.44. The standard InChI is InChI=1S/C61H44N2/c1-61(33-14-5-15-34-61)50-36-48(43-19-8-3-9-20-43)35-49(37-50)44-21-16-24-52(38-44)63-57-26-13-12-25-53(57)54-40-46(28-31-58(54)63)47-29-32-60-56(41-47)55-39-45(42-17-6-2-7-18-42)27-30-59(55)62(60)51-22-10-4-11-23-51/h2-33,35-41H,34H2,1H3. The molecule has 1 atom stereocenters. The quantitative estimate of drug-likeness (QED) is 0.152. The van der Waals surface area contributed by atoms with Crippen molar-refractivity contribution in [3.63, 3.8) is 0 Å². The Bertz CT molecular complexity index is 3590. The molecule has 9 aromatic carbocycles. The molecule has 12 rings (SSSR count). The maximum atomic E-state index is 2.44. The third kappa shape index (κ3) is 6.34. The molecule has 0 spiro atoms. The normalized spacial score (nSPS) is 14.9. The van der Waals surface area contributed by atoms with Gasteiger partial charge in [-0.1, -0.05) is 171 Å². The fourth-order valence-electron chi connectivity index (χ4n) is 9.99. The lowest BCUT2D eigenvalue weighted by Crippen LogP contribution is -2.19. The zero-order valence-electron chi connectivity index (χ0n) is 35.1. The van der Waals surface area contributed by atoms with Crippen LogP contribution in [0.25, 0.3) is 99.5 Å². The molecule has 2 aromatic heterocycles. The van der Waals surface area contributed by atoms with Crippen LogP contribution in [0.5, 0.6) is 0 Å². The molecule has 2 heteroatoms. The van der Waals surface area contributed by atoms with Gasteiger partial charge in [0.25, 0.3) is 0 Å². The molecule has 1 aliphatic rings. The molecule has 298 valence electrons. The van der Waals surface area contributed by atoms with E-state index < -0.39 is 0 Å². The van der Waals surface area contributed by atoms with Crippen molar-refractivity contribution in [2.45, 2.75) is 18.8 Å². The molecule has 11 aromatic rings. The van der Waals surface area contributed by atoms with Crippen molar-refractivity contribution in [1.29, 1.82) is 0 Å². The predicted molar refractivity (Wildman–Crippen MR) is 267 cm³/mol. The number of rotatable bonds is 7. The van der Waals surface area contributed by atoms with Gasteiger partial charge in [0.15, 0.2) is 0 Å². The van der Waals surface area contributed by atoms with Gasteiger partial charge in [0.05, 0.1) is 22.1 Å². The minimum atomic E-state index is -0.0783. The summed E-state index contributed by atoms with van der Waals surface area (Å²) in [5.74, 6) is 0. The summed E-state index contributed by atoms with van der Waals surface area (Å²) >= 11 is 0. The Labute approximate surface area is 368 Å². The summed E-state index contributed by atoms with van der Waals surface area (Å²) in [6.45, 7) is 2.35. The van der Waals surface area contributed by atoms with Crippen LogP contribution in [0.15, 0.2) is 237 Å². The molecule has 1 unspecified atom stereocenters. The second kappa shape index (κ2) is 14.9. The Balaban J connectivity index is 0.993. The van der Waals surface area contributed by atoms with Gasteiger partial charge in [-0.3, -0.25) is 0 Å². The first-order chi connectivity index (χ1) is 31.1. The van der Waals surface area contributed by atoms with Crippen molar-refractivity contribution in [2.24, 2.45) is 0 Å². The highest BCUT2D eigenvalue weighted by molar-refractivity contribution is 6.13. The number of fused-ring (bicyclic) bond motifs is 6. The number of benzene rings is 9. The first-order valence-electron chi connectivity index (χ1n) is 22.0. The van der Waals surface area contributed by atoms with Gasteiger partial charge in [0.2, 0.25) is 0 Å². The first-order valence-corrected chi connectivity index (χ1v) is 22.0. The Morgan fingerprint density at radius 3 is 1.41 bits per heavy atom. The van der Waals surface area contributed by atoms with Crippen LogP contribution in [0.2, 0.25) is 0 Å². The van der Waals surface area contributed by atoms with Crippen LogP contribution >= 0.6 is 0 Å². The van der Waals surface area contributed by atoms with Gasteiger partial charge in [-0.2, -0.15) is 0 Å². The Kier molecular flexibility index (Phi) is 8.72. The topological polar surface area (TPSA) is 9.86 Å². The molecule has 0 N–H and O–H groups in total. The summed E-state index contributed by atoms with van der Waals surface area (Å²) in [7, 11) is 0. The van der Waals surface area contributed by atoms with E-state index in [1.165, 1.54) is 93.7 Å². The summed E-state index contributed by atoms with van der Waals surface area (Å²) in [5, 5.41) is 4.97. The summed E-state index contributed by atoms with van der Waals surface area (Å²) in [6.07, 6.45) is 9.97. The lowest BCUT2D eigenvalue weighted by atomic mass is 9.75. The van der Waals surface area contributed by atoms with E-state index in [4.69, 9.17) is 0 Å². The molecule has 2 heterocycles. The zero-order chi connectivity index (χ0) is 41.9. The van der Waals surface area contributed by atoms with Crippen LogP contribution in [-0.2, 0) is 5.41 Å². The Hall–Kier alpha value is -7.94. The molecular weight excluding hydrogens is 761 g/mol. The summed E-state index contributed by atoms with van der Waals surface area (Å²) in [5.41, 5.74) is 18.1. The van der Waals surface area contributed by atoms with E-state index in [1.807, 2.05) is 0 Å². The van der Waals surface area contributed by atoms with Crippen molar-refractivity contribution >= 4 is 43.6 Å². The highest BCUT2D eigenvalue weighted by Gasteiger charge is 2.25. The number of hydrogen-bond donors (Lipinski definition) is 0. The van der Waals surface area contributed by atoms with E-state index >= 15 is 0 Å². The molecule has 0 saturated carbocycles. The molecule has 0 bridgehead atoms. The van der Waals surface area contributed by atoms with Crippen molar-refractivity contribution in [2.75, 3.05) is 0 Å². The van der Waals surface area contributed by atoms with Crippen LogP contribution in [0.4, 0.5) is 0 Å². The van der Waals surface area contributed by atoms with E-state index in [1.54, 1.807) is 0 Å². The third-order valence-corrected chi connectivity index (χ3v) is 13.3. The monoisotopic (exact) mass is 804 g/mol. The molecule has 0 amide bonds. The minimum Gasteiger partial charge on any atom is -0.309 e. The van der Waals surface area contributed by atoms with E-state index in [-0.39, 0.29) is 5.41 Å². The van der Waals surface area contributed by atoms with E-state index in [9.17, 15) is 0 Å². The van der Waals surface area contributed by atoms with Crippen LogP contribution in [0, 0.1) is 0 Å². The number of aromatic nitrogens is 2. The van der Waals surface area contributed by atoms with E-state index in [0.717, 1.165) is 17.8 Å². The molecule has 0 radical (unpaired) electrons. The molecule has 0 fully saturated rings. The van der Waals surface area contributed by atoms with Gasteiger partial charge < -0.3 is 9.13 Å². The summed E-state index contributed by atoms with van der Waals surface area (Å²) in [4.78, 5) is 0. The highest BCUT2D eigenvalue weighted by atomic mass is 15.0. The maximum Gasteiger partial charge on any atom is 0.0541 e. The Morgan fingerprint density at radius 1 is 0.333 bits per heavy atom. The molecular formula is C61H44N2. The van der Waals surface area contributed by atoms with Crippen LogP contribution < -0.4 is 0 Å². The van der Waals surface area contributed by atoms with Crippen molar-refractivity contribution in [3.8, 4) is 55.9 Å². The Morgan fingerprint density at radius 2 is 0.794 bits per heavy atom. The minimum absolute atomic E-state index is 0.0783. The molecule has 63 heavy (non-hydrogen) atoms. The number of nitrogens with zero attached hydrogens (tertiary/aromatic N) is 2. The van der Waals surface area contributed by atoms with Gasteiger partial charge in [0.1, 0.15) is 0 Å². The van der Waals surface area contributed by atoms with Gasteiger partial charge >= 0.3 is 0 Å². The zero-order valence-corrected chi connectivity index (χ0v) is 35.1. The highest BCUT2D eigenvalue weighted by Crippen LogP contribution is 2.41. The average Bonchev–Trinajstić information content (AvgIpc) is 3.87. The van der Waals surface area contributed by atoms with Crippen LogP contribution in [0.3, 0.4) is 0 Å². The second-order valence-electron chi connectivity index (χ2n) is 17.2. The van der Waals surface area contributed by atoms with Crippen molar-refractivity contribution in [1.82, 2.24) is 9.13 Å². The summed E-state index contributed by atoms with van der Waals surface area (Å²) in [6, 6.07) is 78.2. The number of para-hydroxylation sites is 2. The van der Waals surface area contributed by atoms with Gasteiger partial charge in [0, 0.05) is 38.3 Å². The van der Waals surface area contributed by atoms with Gasteiger partial charge in [-0.25, -0.2) is 0 Å². The van der Waals surface area contributed by atoms with Crippen LogP contribution in [0.1, 0.15) is 18.9 Å². The lowest BCUT2D eigenvalue weighted by molar-refractivity contribution is 0.600. The molecule has 2 nitrogen and oxygen atoms in total. The number of allylic oxidation sites excluding steroid dienone is 4. The molecule has 0 aliphatic heterocycles. The van der Waals surface area contributed by atoms with E-state index in [0.29, 0.717) is 0 Å². The van der Waals surface area contributed by atoms with Crippen molar-refractivity contribution < 1.29 is 0 Å². The second-order valence-corrected chi connectivity index (χ2v) is 17.2. The first kappa shape index (κ1) is 36.9.